The van der Waals surface area contributed by atoms with Crippen molar-refractivity contribution in [2.75, 3.05) is 0 Å². The van der Waals surface area contributed by atoms with Gasteiger partial charge in [0, 0.05) is 22.1 Å². The molecule has 0 aliphatic rings. The number of non-ortho nitro benzene ring substituents is 1. The first-order chi connectivity index (χ1) is 7.38. The number of hydrogen-bond acceptors (Lipinski definition) is 4. The van der Waals surface area contributed by atoms with Crippen LogP contribution in [0, 0.1) is 10.1 Å². The maximum Gasteiger partial charge on any atom is 0.503 e. The van der Waals surface area contributed by atoms with E-state index in [2.05, 4.69) is 0 Å². The minimum atomic E-state index is -1.83. The molecular formula is C8H8INO6. The normalized spacial score (nSPS) is 8.81. The third-order valence-electron chi connectivity index (χ3n) is 1.42. The van der Waals surface area contributed by atoms with Crippen LogP contribution in [0.15, 0.2) is 18.2 Å². The van der Waals surface area contributed by atoms with Gasteiger partial charge in [-0.25, -0.2) is 4.79 Å². The summed E-state index contributed by atoms with van der Waals surface area (Å²) in [5, 5.41) is 33.4. The predicted molar refractivity (Wildman–Crippen MR) is 63.1 cm³/mol. The number of nitro benzene ring substituents is 1. The maximum absolute atomic E-state index is 10.3. The first kappa shape index (κ1) is 14.4. The van der Waals surface area contributed by atoms with Gasteiger partial charge in [0.1, 0.15) is 5.75 Å². The molecule has 0 radical (unpaired) electrons. The van der Waals surface area contributed by atoms with Crippen molar-refractivity contribution in [2.24, 2.45) is 0 Å². The van der Waals surface area contributed by atoms with Crippen molar-refractivity contribution in [2.45, 2.75) is 4.43 Å². The van der Waals surface area contributed by atoms with Gasteiger partial charge in [-0.2, -0.15) is 0 Å². The number of halogens is 1. The fraction of sp³-hybridized carbons (Fsp3) is 0.125. The summed E-state index contributed by atoms with van der Waals surface area (Å²) >= 11 is 2.04. The number of aromatic hydroxyl groups is 1. The number of carbonyl (C=O) groups is 1. The summed E-state index contributed by atoms with van der Waals surface area (Å²) in [4.78, 5) is 18.4. The molecule has 0 heterocycles. The van der Waals surface area contributed by atoms with E-state index in [-0.39, 0.29) is 11.4 Å². The summed E-state index contributed by atoms with van der Waals surface area (Å²) in [6.07, 6.45) is -1.83. The highest BCUT2D eigenvalue weighted by Gasteiger charge is 2.08. The van der Waals surface area contributed by atoms with E-state index >= 15 is 0 Å². The molecule has 0 aliphatic heterocycles. The van der Waals surface area contributed by atoms with Gasteiger partial charge >= 0.3 is 6.16 Å². The number of alkyl halides is 1. The van der Waals surface area contributed by atoms with Crippen LogP contribution in [-0.4, -0.2) is 26.4 Å². The monoisotopic (exact) mass is 341 g/mol. The number of rotatable bonds is 2. The lowest BCUT2D eigenvalue weighted by Crippen LogP contribution is -1.89. The standard InChI is InChI=1S/C7H6INO3.CH2O3/c8-4-5-3-6(9(11)12)1-2-7(5)10;2-1(3)4/h1-3,10H,4H2;(H2,2,3,4). The fourth-order valence-electron chi connectivity index (χ4n) is 0.793. The Morgan fingerprint density at radius 3 is 2.31 bits per heavy atom. The molecule has 0 saturated carbocycles. The van der Waals surface area contributed by atoms with Gasteiger partial charge in [0.15, 0.2) is 0 Å². The van der Waals surface area contributed by atoms with E-state index in [0.29, 0.717) is 9.99 Å². The Kier molecular flexibility index (Phi) is 6.15. The number of hydrogen-bond donors (Lipinski definition) is 3. The van der Waals surface area contributed by atoms with E-state index in [4.69, 9.17) is 15.0 Å². The molecule has 0 spiro atoms. The van der Waals surface area contributed by atoms with Crippen LogP contribution in [0.25, 0.3) is 0 Å². The van der Waals surface area contributed by atoms with Crippen molar-refractivity contribution in [3.8, 4) is 5.75 Å². The van der Waals surface area contributed by atoms with E-state index in [1.807, 2.05) is 22.6 Å². The second-order valence-corrected chi connectivity index (χ2v) is 3.25. The zero-order valence-electron chi connectivity index (χ0n) is 7.83. The molecule has 0 atom stereocenters. The maximum atomic E-state index is 10.3. The summed E-state index contributed by atoms with van der Waals surface area (Å²) in [5.41, 5.74) is 0.601. The molecule has 0 bridgehead atoms. The van der Waals surface area contributed by atoms with Gasteiger partial charge in [0.05, 0.1) is 4.92 Å². The molecule has 0 unspecified atom stereocenters. The van der Waals surface area contributed by atoms with Crippen molar-refractivity contribution in [1.29, 1.82) is 0 Å². The molecule has 88 valence electrons. The highest BCUT2D eigenvalue weighted by molar-refractivity contribution is 14.1. The molecule has 0 saturated heterocycles. The van der Waals surface area contributed by atoms with Gasteiger partial charge in [-0.05, 0) is 6.07 Å². The van der Waals surface area contributed by atoms with Crippen LogP contribution in [0.5, 0.6) is 5.75 Å². The predicted octanol–water partition coefficient (Wildman–Crippen LogP) is 2.46. The summed E-state index contributed by atoms with van der Waals surface area (Å²) < 4.78 is 0.561. The van der Waals surface area contributed by atoms with Crippen LogP contribution >= 0.6 is 22.6 Å². The lowest BCUT2D eigenvalue weighted by atomic mass is 10.2. The molecule has 7 nitrogen and oxygen atoms in total. The number of phenols is 1. The van der Waals surface area contributed by atoms with Crippen molar-refractivity contribution in [3.05, 3.63) is 33.9 Å². The molecule has 0 aliphatic carbocycles. The average Bonchev–Trinajstić information content (AvgIpc) is 2.17. The van der Waals surface area contributed by atoms with Crippen molar-refractivity contribution < 1.29 is 25.0 Å². The first-order valence-electron chi connectivity index (χ1n) is 3.82. The van der Waals surface area contributed by atoms with Gasteiger partial charge in [0.2, 0.25) is 0 Å². The van der Waals surface area contributed by atoms with Gasteiger partial charge < -0.3 is 15.3 Å². The molecule has 0 amide bonds. The second kappa shape index (κ2) is 6.82. The van der Waals surface area contributed by atoms with E-state index < -0.39 is 11.1 Å². The number of nitro groups is 1. The molecule has 0 aromatic heterocycles. The Balaban J connectivity index is 0.000000487. The second-order valence-electron chi connectivity index (χ2n) is 2.49. The van der Waals surface area contributed by atoms with E-state index in [0.717, 1.165) is 0 Å². The van der Waals surface area contributed by atoms with E-state index in [9.17, 15) is 15.2 Å². The van der Waals surface area contributed by atoms with Gasteiger partial charge in [0.25, 0.3) is 5.69 Å². The summed E-state index contributed by atoms with van der Waals surface area (Å²) in [5.74, 6) is 0.106. The van der Waals surface area contributed by atoms with Crippen LogP contribution in [-0.2, 0) is 4.43 Å². The Morgan fingerprint density at radius 1 is 1.44 bits per heavy atom. The summed E-state index contributed by atoms with van der Waals surface area (Å²) in [7, 11) is 0. The fourth-order valence-corrected chi connectivity index (χ4v) is 1.40. The lowest BCUT2D eigenvalue weighted by molar-refractivity contribution is -0.384. The quantitative estimate of drug-likeness (QED) is 0.329. The topological polar surface area (TPSA) is 121 Å². The summed E-state index contributed by atoms with van der Waals surface area (Å²) in [6, 6.07) is 4.00. The first-order valence-corrected chi connectivity index (χ1v) is 5.35. The Morgan fingerprint density at radius 2 is 1.94 bits per heavy atom. The van der Waals surface area contributed by atoms with Crippen LogP contribution < -0.4 is 0 Å². The number of carboxylic acid groups (broad SMARTS) is 2. The molecule has 1 aromatic rings. The van der Waals surface area contributed by atoms with E-state index in [1.54, 1.807) is 0 Å². The van der Waals surface area contributed by atoms with E-state index in [1.165, 1.54) is 18.2 Å². The van der Waals surface area contributed by atoms with Crippen LogP contribution in [0.2, 0.25) is 0 Å². The third kappa shape index (κ3) is 5.34. The van der Waals surface area contributed by atoms with Gasteiger partial charge in [-0.15, -0.1) is 0 Å². The van der Waals surface area contributed by atoms with Crippen LogP contribution in [0.4, 0.5) is 10.5 Å². The SMILES string of the molecule is O=C(O)O.O=[N+]([O-])c1ccc(O)c(CI)c1. The smallest absolute Gasteiger partial charge is 0.503 e. The molecule has 3 N–H and O–H groups in total. The Hall–Kier alpha value is -1.58. The molecular weight excluding hydrogens is 333 g/mol. The van der Waals surface area contributed by atoms with Crippen molar-refractivity contribution >= 4 is 34.4 Å². The molecule has 16 heavy (non-hydrogen) atoms. The third-order valence-corrected chi connectivity index (χ3v) is 2.24. The highest BCUT2D eigenvalue weighted by Crippen LogP contribution is 2.24. The van der Waals surface area contributed by atoms with Gasteiger partial charge in [-0.3, -0.25) is 10.1 Å². The van der Waals surface area contributed by atoms with Crippen LogP contribution in [0.1, 0.15) is 5.56 Å². The average molecular weight is 341 g/mol. The minimum absolute atomic E-state index is 0.0134. The molecule has 1 rings (SSSR count). The highest BCUT2D eigenvalue weighted by atomic mass is 127. The van der Waals surface area contributed by atoms with Crippen molar-refractivity contribution in [3.63, 3.8) is 0 Å². The Labute approximate surface area is 104 Å². The number of phenolic OH excluding ortho intramolecular Hbond substituents is 1. The zero-order chi connectivity index (χ0) is 12.7. The molecule has 1 aromatic carbocycles. The van der Waals surface area contributed by atoms with Gasteiger partial charge in [-0.1, -0.05) is 22.6 Å². The molecule has 8 heteroatoms. The zero-order valence-corrected chi connectivity index (χ0v) is 9.99. The lowest BCUT2D eigenvalue weighted by Gasteiger charge is -1.98. The van der Waals surface area contributed by atoms with Crippen LogP contribution in [0.3, 0.4) is 0 Å². The Bertz CT molecular complexity index is 390. The minimum Gasteiger partial charge on any atom is -0.508 e. The van der Waals surface area contributed by atoms with Crippen molar-refractivity contribution in [1.82, 2.24) is 0 Å². The molecule has 0 fully saturated rings. The number of nitrogens with zero attached hydrogens (tertiary/aromatic N) is 1. The largest absolute Gasteiger partial charge is 0.508 e. The number of benzene rings is 1. The summed E-state index contributed by atoms with van der Waals surface area (Å²) in [6.45, 7) is 0.